The zero-order valence-corrected chi connectivity index (χ0v) is 53.7. The Hall–Kier alpha value is -5.59. The maximum atomic E-state index is 13.6. The number of carboxylic acid groups (broad SMARTS) is 2. The average molecular weight is 1420 g/mol. The first-order valence-electron chi connectivity index (χ1n) is 24.4. The molecular formula is C44H72Cl4F9N8NaO23. The molecule has 4 amide bonds. The number of halogens is 13. The number of nitrogens with two attached hydrogens (primary N) is 4. The quantitative estimate of drug-likeness (QED) is 0.00599. The van der Waals surface area contributed by atoms with Crippen LogP contribution < -0.4 is 78.9 Å². The SMILES string of the molecule is CC(=O)[O-].COC(=O)C(CCCNC(=O)OCCl)(NC(=O)CCl)C(F)F.COC(=O)C(CCCNC(=O)OCOC(C)=O)(NC(=O)OCOC(C)=O)C(F)F.COC(=O)C(N)(CCCN)C(F)F.NCCCC(N)(C(=O)O)C(F)F.O=C(Cl)OCCl.[2H]CF.[Na+]. The summed E-state index contributed by atoms with van der Waals surface area (Å²) in [5.41, 5.74) is 9.50. The fraction of sp³-hybridized carbons (Fsp3) is 0.727. The van der Waals surface area contributed by atoms with Crippen LogP contribution in [0.2, 0.25) is 0 Å². The van der Waals surface area contributed by atoms with Crippen molar-refractivity contribution in [3.8, 4) is 0 Å². The molecule has 0 aliphatic heterocycles. The molecule has 0 spiro atoms. The van der Waals surface area contributed by atoms with Crippen molar-refractivity contribution in [1.29, 1.82) is 0 Å². The van der Waals surface area contributed by atoms with Crippen LogP contribution >= 0.6 is 46.4 Å². The van der Waals surface area contributed by atoms with Crippen LogP contribution in [0.25, 0.3) is 0 Å². The second kappa shape index (κ2) is 58.8. The topological polar surface area (TPSA) is 483 Å². The van der Waals surface area contributed by atoms with Gasteiger partial charge in [0.15, 0.2) is 28.7 Å². The number of hydrogen-bond donors (Lipinski definition) is 9. The van der Waals surface area contributed by atoms with E-state index in [1.165, 1.54) is 0 Å². The summed E-state index contributed by atoms with van der Waals surface area (Å²) < 4.78 is 157. The Morgan fingerprint density at radius 1 is 0.551 bits per heavy atom. The van der Waals surface area contributed by atoms with Crippen molar-refractivity contribution in [2.24, 2.45) is 22.9 Å². The number of carbonyl (C=O) groups excluding carboxylic acids is 11. The van der Waals surface area contributed by atoms with E-state index in [4.69, 9.17) is 74.1 Å². The van der Waals surface area contributed by atoms with Crippen LogP contribution in [-0.2, 0) is 81.0 Å². The zero-order chi connectivity index (χ0) is 71.2. The normalized spacial score (nSPS) is 12.7. The Balaban J connectivity index is -0.000000162. The van der Waals surface area contributed by atoms with Crippen molar-refractivity contribution in [2.75, 3.05) is 86.3 Å². The summed E-state index contributed by atoms with van der Waals surface area (Å²) in [6, 6.07) is -0.539. The van der Waals surface area contributed by atoms with Crippen molar-refractivity contribution in [3.63, 3.8) is 0 Å². The minimum absolute atomic E-state index is 0. The number of methoxy groups -OCH3 is 3. The predicted molar refractivity (Wildman–Crippen MR) is 284 cm³/mol. The fourth-order valence-electron chi connectivity index (χ4n) is 5.03. The number of esters is 5. The monoisotopic (exact) mass is 1420 g/mol. The molecular weight excluding hydrogens is 1340 g/mol. The van der Waals surface area contributed by atoms with Crippen molar-refractivity contribution in [1.82, 2.24) is 21.3 Å². The summed E-state index contributed by atoms with van der Waals surface area (Å²) >= 11 is 19.9. The van der Waals surface area contributed by atoms with Gasteiger partial charge in [-0.2, -0.15) is 0 Å². The number of alkyl halides is 12. The van der Waals surface area contributed by atoms with Gasteiger partial charge in [-0.1, -0.05) is 23.2 Å². The molecule has 31 nitrogen and oxygen atoms in total. The number of alkyl carbamates (subject to hydrolysis) is 3. The van der Waals surface area contributed by atoms with E-state index < -0.39 is 159 Å². The number of aliphatic carboxylic acids is 2. The molecule has 13 N–H and O–H groups in total. The molecule has 4 atom stereocenters. The Bertz CT molecular complexity index is 2100. The summed E-state index contributed by atoms with van der Waals surface area (Å²) in [6.07, 6.45) is -17.3. The van der Waals surface area contributed by atoms with Gasteiger partial charge in [-0.15, -0.1) is 11.6 Å². The second-order valence-corrected chi connectivity index (χ2v) is 16.6. The Morgan fingerprint density at radius 2 is 0.888 bits per heavy atom. The van der Waals surface area contributed by atoms with E-state index in [-0.39, 0.29) is 106 Å². The molecule has 0 aromatic heterocycles. The minimum atomic E-state index is -3.40. The molecule has 0 rings (SSSR count). The maximum Gasteiger partial charge on any atom is 1.00 e. The third-order valence-corrected chi connectivity index (χ3v) is 9.85. The third-order valence-electron chi connectivity index (χ3n) is 9.28. The van der Waals surface area contributed by atoms with Gasteiger partial charge in [0.2, 0.25) is 25.0 Å². The van der Waals surface area contributed by atoms with Crippen molar-refractivity contribution < 1.29 is 181 Å². The summed E-state index contributed by atoms with van der Waals surface area (Å²) in [4.78, 5) is 130. The molecule has 89 heavy (non-hydrogen) atoms. The Morgan fingerprint density at radius 3 is 1.16 bits per heavy atom. The first-order chi connectivity index (χ1) is 41.2. The molecule has 0 fully saturated rings. The van der Waals surface area contributed by atoms with Gasteiger partial charge in [-0.25, -0.2) is 73.5 Å². The number of amides is 4. The maximum absolute atomic E-state index is 13.6. The van der Waals surface area contributed by atoms with Crippen LogP contribution in [0, 0.1) is 0 Å². The Kier molecular flexibility index (Phi) is 64.1. The van der Waals surface area contributed by atoms with Crippen LogP contribution in [0.1, 0.15) is 73.5 Å². The van der Waals surface area contributed by atoms with E-state index in [2.05, 4.69) is 64.9 Å². The number of carboxylic acids is 2. The number of carbonyl (C=O) groups is 12. The minimum Gasteiger partial charge on any atom is -0.550 e. The molecule has 0 saturated carbocycles. The van der Waals surface area contributed by atoms with Crippen LogP contribution in [0.3, 0.4) is 0 Å². The molecule has 518 valence electrons. The number of ether oxygens (including phenoxy) is 9. The molecule has 0 aliphatic rings. The van der Waals surface area contributed by atoms with Crippen molar-refractivity contribution in [3.05, 3.63) is 0 Å². The standard InChI is InChI=1S/C15H22F2N2O10.C11H16Cl2F2N2O5.C7H14F2N2O2.C6H12F2N2O2.C2H2Cl2O2.C2H4O2.CH3F.Na/c1-9(20)26-7-28-13(23)18-6-4-5-15(11(16)17,12(22)25-3)19-14(24)29-8-27-10(2)21;1-21-9(19)11(8(14)15,17-7(18)5-12)3-2-4-16-10(20)22-6-13;1-13-6(12)7(11,5(8)9)3-2-4-10;7-4(8)6(10,5(11)12)2-1-3-9;3-1-6-2(4)5;1-2(3)4;1-2;/h11H,4-8H2,1-3H3,(H,18,23)(H,19,24);8H,2-6H2,1H3,(H,16,20)(H,17,18);5H,2-4,10-11H2,1H3;4H,1-3,9-10H2,(H,11,12);1H2;1H3,(H,3,4);1H3;/q;;;;;;;+1/p-1/i;;;;;;1D;. The largest absolute Gasteiger partial charge is 1.00 e. The molecule has 45 heteroatoms. The molecule has 0 radical (unpaired) electrons. The van der Waals surface area contributed by atoms with Crippen molar-refractivity contribution >= 4 is 118 Å². The van der Waals surface area contributed by atoms with Gasteiger partial charge < -0.3 is 102 Å². The first-order valence-corrected chi connectivity index (χ1v) is 25.7. The van der Waals surface area contributed by atoms with E-state index >= 15 is 0 Å². The van der Waals surface area contributed by atoms with Gasteiger partial charge in [0.25, 0.3) is 25.7 Å². The molecule has 0 aromatic rings. The molecule has 0 aliphatic carbocycles. The summed E-state index contributed by atoms with van der Waals surface area (Å²) in [6.45, 7) is 1.68. The van der Waals surface area contributed by atoms with Gasteiger partial charge in [0.1, 0.15) is 5.88 Å². The van der Waals surface area contributed by atoms with Crippen LogP contribution in [0.15, 0.2) is 0 Å². The fourth-order valence-corrected chi connectivity index (χ4v) is 5.41. The Labute approximate surface area is 546 Å². The van der Waals surface area contributed by atoms with E-state index in [0.29, 0.717) is 0 Å². The number of hydrogen-bond acceptors (Lipinski definition) is 26. The van der Waals surface area contributed by atoms with Crippen molar-refractivity contribution in [2.45, 2.75) is 120 Å². The average Bonchev–Trinajstić information content (AvgIpc) is 3.15. The van der Waals surface area contributed by atoms with Gasteiger partial charge >= 0.3 is 89.1 Å². The van der Waals surface area contributed by atoms with Crippen LogP contribution in [-0.4, -0.2) is 211 Å². The predicted octanol–water partition coefficient (Wildman–Crippen LogP) is -0.805. The van der Waals surface area contributed by atoms with Gasteiger partial charge in [-0.3, -0.25) is 18.8 Å². The van der Waals surface area contributed by atoms with Gasteiger partial charge in [0.05, 0.1) is 29.9 Å². The summed E-state index contributed by atoms with van der Waals surface area (Å²) in [7, 11) is 1.78. The van der Waals surface area contributed by atoms with Gasteiger partial charge in [0, 0.05) is 44.5 Å². The smallest absolute Gasteiger partial charge is 0.550 e. The van der Waals surface area contributed by atoms with Gasteiger partial charge in [-0.05, 0) is 71.4 Å². The van der Waals surface area contributed by atoms with Crippen LogP contribution in [0.4, 0.5) is 58.7 Å². The first kappa shape index (κ1) is 97.0. The van der Waals surface area contributed by atoms with E-state index in [9.17, 15) is 92.3 Å². The second-order valence-electron chi connectivity index (χ2n) is 15.6. The third kappa shape index (κ3) is 48.9. The molecule has 4 unspecified atom stereocenters. The van der Waals surface area contributed by atoms with E-state index in [1.807, 2.05) is 5.32 Å². The summed E-state index contributed by atoms with van der Waals surface area (Å²) in [5.74, 6) is -9.62. The molecule has 0 aromatic carbocycles. The number of rotatable bonds is 31. The van der Waals surface area contributed by atoms with E-state index in [0.717, 1.165) is 42.1 Å². The molecule has 0 saturated heterocycles. The molecule has 0 heterocycles. The summed E-state index contributed by atoms with van der Waals surface area (Å²) in [5, 5.41) is 25.3. The van der Waals surface area contributed by atoms with E-state index in [1.54, 1.807) is 5.32 Å². The zero-order valence-electron chi connectivity index (χ0n) is 49.7. The number of nitrogens with one attached hydrogen (secondary N) is 4. The van der Waals surface area contributed by atoms with Crippen LogP contribution in [0.5, 0.6) is 0 Å². The molecule has 0 bridgehead atoms.